The molecule has 0 saturated carbocycles. The molecular weight excluding hydrogens is 336 g/mol. The molecule has 0 aliphatic heterocycles. The van der Waals surface area contributed by atoms with Crippen LogP contribution in [0.3, 0.4) is 0 Å². The number of nitrogens with one attached hydrogen (secondary N) is 1. The molecule has 1 aromatic rings. The maximum atomic E-state index is 12.0. The summed E-state index contributed by atoms with van der Waals surface area (Å²) in [5.41, 5.74) is 0.0215. The smallest absolute Gasteiger partial charge is 0.303 e. The molecule has 102 valence electrons. The van der Waals surface area contributed by atoms with Gasteiger partial charge in [0.05, 0.1) is 5.56 Å². The van der Waals surface area contributed by atoms with E-state index in [2.05, 4.69) is 20.7 Å². The topological polar surface area (TPSA) is 107 Å². The summed E-state index contributed by atoms with van der Waals surface area (Å²) in [5, 5.41) is 17.4. The minimum Gasteiger partial charge on any atom is -0.481 e. The number of nitrogens with zero attached hydrogens (tertiary/aromatic N) is 1. The fourth-order valence-corrected chi connectivity index (χ4v) is 3.20. The third-order valence-electron chi connectivity index (χ3n) is 2.24. The van der Waals surface area contributed by atoms with E-state index in [1.807, 2.05) is 6.07 Å². The molecule has 0 amide bonds. The van der Waals surface area contributed by atoms with Crippen LogP contribution in [0.5, 0.6) is 0 Å². The monoisotopic (exact) mass is 346 g/mol. The number of hydrogen-bond donors (Lipinski definition) is 2. The van der Waals surface area contributed by atoms with Crippen molar-refractivity contribution in [1.29, 1.82) is 5.26 Å². The van der Waals surface area contributed by atoms with Crippen LogP contribution in [0, 0.1) is 11.3 Å². The van der Waals surface area contributed by atoms with Crippen molar-refractivity contribution < 1.29 is 18.3 Å². The summed E-state index contributed by atoms with van der Waals surface area (Å²) in [7, 11) is -3.82. The Morgan fingerprint density at radius 3 is 2.74 bits per heavy atom. The highest BCUT2D eigenvalue weighted by Crippen LogP contribution is 2.23. The Kier molecular flexibility index (Phi) is 5.47. The number of rotatable bonds is 6. The number of carboxylic acids is 1. The van der Waals surface area contributed by atoms with Gasteiger partial charge in [-0.25, -0.2) is 13.1 Å². The zero-order valence-electron chi connectivity index (χ0n) is 9.76. The molecule has 0 saturated heterocycles. The van der Waals surface area contributed by atoms with Gasteiger partial charge in [0.1, 0.15) is 11.0 Å². The van der Waals surface area contributed by atoms with Gasteiger partial charge in [-0.15, -0.1) is 0 Å². The fourth-order valence-electron chi connectivity index (χ4n) is 1.36. The van der Waals surface area contributed by atoms with Crippen LogP contribution >= 0.6 is 15.9 Å². The molecule has 1 aromatic carbocycles. The second kappa shape index (κ2) is 6.65. The molecule has 8 heteroatoms. The molecule has 0 heterocycles. The highest BCUT2D eigenvalue weighted by molar-refractivity contribution is 9.10. The molecule has 0 spiro atoms. The molecule has 0 atom stereocenters. The molecule has 0 unspecified atom stereocenters. The van der Waals surface area contributed by atoms with E-state index < -0.39 is 16.0 Å². The van der Waals surface area contributed by atoms with Gasteiger partial charge in [0, 0.05) is 17.4 Å². The van der Waals surface area contributed by atoms with Crippen LogP contribution in [0.1, 0.15) is 18.4 Å². The van der Waals surface area contributed by atoms with Gasteiger partial charge in [-0.05, 0) is 34.5 Å². The lowest BCUT2D eigenvalue weighted by Crippen LogP contribution is -2.26. The van der Waals surface area contributed by atoms with Gasteiger partial charge in [-0.3, -0.25) is 4.79 Å². The Labute approximate surface area is 119 Å². The zero-order valence-corrected chi connectivity index (χ0v) is 12.2. The van der Waals surface area contributed by atoms with Gasteiger partial charge in [0.2, 0.25) is 10.0 Å². The standard InChI is InChI=1S/C11H11BrN2O4S/c12-9-3-1-4-10(8(9)7-13)19(17,18)14-6-2-5-11(15)16/h1,3-4,14H,2,5-6H2,(H,15,16). The number of sulfonamides is 1. The van der Waals surface area contributed by atoms with E-state index in [1.54, 1.807) is 6.07 Å². The lowest BCUT2D eigenvalue weighted by Gasteiger charge is -2.08. The van der Waals surface area contributed by atoms with Crippen LogP contribution in [0.4, 0.5) is 0 Å². The van der Waals surface area contributed by atoms with E-state index in [0.717, 1.165) is 0 Å². The summed E-state index contributed by atoms with van der Waals surface area (Å²) in [4.78, 5) is 10.2. The molecule has 6 nitrogen and oxygen atoms in total. The Morgan fingerprint density at radius 2 is 2.16 bits per heavy atom. The summed E-state index contributed by atoms with van der Waals surface area (Å²) in [6.07, 6.45) is 0.0660. The third-order valence-corrected chi connectivity index (χ3v) is 4.40. The average Bonchev–Trinajstić information content (AvgIpc) is 2.34. The number of aliphatic carboxylic acids is 1. The highest BCUT2D eigenvalue weighted by atomic mass is 79.9. The molecule has 2 N–H and O–H groups in total. The summed E-state index contributed by atoms with van der Waals surface area (Å²) in [6, 6.07) is 6.22. The fraction of sp³-hybridized carbons (Fsp3) is 0.273. The van der Waals surface area contributed by atoms with Gasteiger partial charge in [0.15, 0.2) is 0 Å². The van der Waals surface area contributed by atoms with Gasteiger partial charge < -0.3 is 5.11 Å². The van der Waals surface area contributed by atoms with Crippen molar-refractivity contribution >= 4 is 31.9 Å². The van der Waals surface area contributed by atoms with Crippen molar-refractivity contribution in [3.8, 4) is 6.07 Å². The van der Waals surface area contributed by atoms with Crippen LogP contribution in [0.25, 0.3) is 0 Å². The van der Waals surface area contributed by atoms with Crippen LogP contribution in [0.15, 0.2) is 27.6 Å². The van der Waals surface area contributed by atoms with E-state index in [1.165, 1.54) is 12.1 Å². The lowest BCUT2D eigenvalue weighted by atomic mass is 10.2. The summed E-state index contributed by atoms with van der Waals surface area (Å²) in [6.45, 7) is 0.00597. The molecule has 0 radical (unpaired) electrons. The zero-order chi connectivity index (χ0) is 14.5. The summed E-state index contributed by atoms with van der Waals surface area (Å²) in [5.74, 6) is -0.987. The maximum absolute atomic E-state index is 12.0. The van der Waals surface area contributed by atoms with Crippen LogP contribution in [-0.2, 0) is 14.8 Å². The number of nitriles is 1. The number of halogens is 1. The molecule has 19 heavy (non-hydrogen) atoms. The predicted octanol–water partition coefficient (Wildman–Crippen LogP) is 1.46. The number of hydrogen-bond acceptors (Lipinski definition) is 4. The van der Waals surface area contributed by atoms with E-state index in [9.17, 15) is 13.2 Å². The van der Waals surface area contributed by atoms with Crippen LogP contribution in [0.2, 0.25) is 0 Å². The molecule has 0 aromatic heterocycles. The van der Waals surface area contributed by atoms with Crippen LogP contribution in [-0.4, -0.2) is 26.0 Å². The lowest BCUT2D eigenvalue weighted by molar-refractivity contribution is -0.137. The van der Waals surface area contributed by atoms with E-state index in [0.29, 0.717) is 4.47 Å². The molecule has 0 fully saturated rings. The van der Waals surface area contributed by atoms with Crippen molar-refractivity contribution in [3.05, 3.63) is 28.2 Å². The first-order valence-electron chi connectivity index (χ1n) is 5.28. The maximum Gasteiger partial charge on any atom is 0.303 e. The first-order chi connectivity index (χ1) is 8.88. The van der Waals surface area contributed by atoms with E-state index in [-0.39, 0.29) is 29.8 Å². The molecular formula is C11H11BrN2O4S. The quantitative estimate of drug-likeness (QED) is 0.758. The second-order valence-electron chi connectivity index (χ2n) is 3.62. The van der Waals surface area contributed by atoms with Crippen LogP contribution < -0.4 is 4.72 Å². The van der Waals surface area contributed by atoms with Gasteiger partial charge in [-0.2, -0.15) is 5.26 Å². The Balaban J connectivity index is 2.87. The normalized spacial score (nSPS) is 10.9. The Hall–Kier alpha value is -1.43. The first kappa shape index (κ1) is 15.6. The predicted molar refractivity (Wildman–Crippen MR) is 70.9 cm³/mol. The first-order valence-corrected chi connectivity index (χ1v) is 7.56. The summed E-state index contributed by atoms with van der Waals surface area (Å²) < 4.78 is 26.6. The minimum absolute atomic E-state index is 0.00597. The second-order valence-corrected chi connectivity index (χ2v) is 6.21. The average molecular weight is 347 g/mol. The number of carboxylic acid groups (broad SMARTS) is 1. The Bertz CT molecular complexity index is 622. The van der Waals surface area contributed by atoms with Crippen molar-refractivity contribution in [1.82, 2.24) is 4.72 Å². The summed E-state index contributed by atoms with van der Waals surface area (Å²) >= 11 is 3.11. The van der Waals surface area contributed by atoms with E-state index >= 15 is 0 Å². The minimum atomic E-state index is -3.82. The molecule has 0 bridgehead atoms. The van der Waals surface area contributed by atoms with Gasteiger partial charge in [-0.1, -0.05) is 6.07 Å². The SMILES string of the molecule is N#Cc1c(Br)cccc1S(=O)(=O)NCCCC(=O)O. The largest absolute Gasteiger partial charge is 0.481 e. The van der Waals surface area contributed by atoms with Crippen molar-refractivity contribution in [2.24, 2.45) is 0 Å². The molecule has 0 aliphatic rings. The molecule has 1 rings (SSSR count). The van der Waals surface area contributed by atoms with Crippen molar-refractivity contribution in [2.45, 2.75) is 17.7 Å². The molecule has 0 aliphatic carbocycles. The van der Waals surface area contributed by atoms with Gasteiger partial charge >= 0.3 is 5.97 Å². The number of benzene rings is 1. The highest BCUT2D eigenvalue weighted by Gasteiger charge is 2.19. The number of carbonyl (C=O) groups is 1. The van der Waals surface area contributed by atoms with Crippen molar-refractivity contribution in [3.63, 3.8) is 0 Å². The van der Waals surface area contributed by atoms with E-state index in [4.69, 9.17) is 10.4 Å². The van der Waals surface area contributed by atoms with Gasteiger partial charge in [0.25, 0.3) is 0 Å². The third kappa shape index (κ3) is 4.31. The Morgan fingerprint density at radius 1 is 1.47 bits per heavy atom. The van der Waals surface area contributed by atoms with Crippen molar-refractivity contribution in [2.75, 3.05) is 6.54 Å².